The van der Waals surface area contributed by atoms with Gasteiger partial charge in [0.15, 0.2) is 0 Å². The van der Waals surface area contributed by atoms with Crippen LogP contribution in [0.5, 0.6) is 0 Å². The molecule has 1 aromatic rings. The highest BCUT2D eigenvalue weighted by Crippen LogP contribution is 2.35. The van der Waals surface area contributed by atoms with Crippen LogP contribution in [0.2, 0.25) is 0 Å². The van der Waals surface area contributed by atoms with Crippen LogP contribution >= 0.6 is 11.3 Å². The molecule has 1 aliphatic heterocycles. The molecule has 2 heterocycles. The first-order valence-electron chi connectivity index (χ1n) is 6.24. The van der Waals surface area contributed by atoms with E-state index in [9.17, 15) is 13.2 Å². The molecule has 0 radical (unpaired) electrons. The topological polar surface area (TPSA) is 32.3 Å². The molecule has 0 saturated carbocycles. The Kier molecular flexibility index (Phi) is 4.29. The first kappa shape index (κ1) is 14.5. The van der Waals surface area contributed by atoms with E-state index < -0.39 is 11.2 Å². The van der Waals surface area contributed by atoms with Crippen molar-refractivity contribution >= 4 is 16.5 Å². The maximum Gasteiger partial charge on any atom is 0.445 e. The highest BCUT2D eigenvalue weighted by molar-refractivity contribution is 7.15. The molecule has 8 heteroatoms. The Morgan fingerprint density at radius 1 is 1.42 bits per heavy atom. The van der Waals surface area contributed by atoms with E-state index in [1.54, 1.807) is 0 Å². The van der Waals surface area contributed by atoms with Crippen LogP contribution in [0.1, 0.15) is 18.4 Å². The lowest BCUT2D eigenvalue weighted by molar-refractivity contribution is -0.138. The minimum Gasteiger partial charge on any atom is -0.346 e. The predicted octanol–water partition coefficient (Wildman–Crippen LogP) is 2.33. The van der Waals surface area contributed by atoms with Gasteiger partial charge in [-0.05, 0) is 25.9 Å². The molecule has 0 N–H and O–H groups in total. The van der Waals surface area contributed by atoms with Gasteiger partial charge in [-0.15, -0.1) is 10.2 Å². The fraction of sp³-hybridized carbons (Fsp3) is 0.818. The minimum absolute atomic E-state index is 0.383. The Labute approximate surface area is 114 Å². The number of aromatic nitrogens is 2. The van der Waals surface area contributed by atoms with E-state index >= 15 is 0 Å². The zero-order valence-electron chi connectivity index (χ0n) is 10.9. The van der Waals surface area contributed by atoms with Crippen LogP contribution in [0.25, 0.3) is 0 Å². The van der Waals surface area contributed by atoms with E-state index in [-0.39, 0.29) is 0 Å². The van der Waals surface area contributed by atoms with Crippen LogP contribution < -0.4 is 4.90 Å². The maximum absolute atomic E-state index is 12.5. The van der Waals surface area contributed by atoms with Gasteiger partial charge in [-0.1, -0.05) is 18.3 Å². The van der Waals surface area contributed by atoms with Crippen molar-refractivity contribution in [3.63, 3.8) is 0 Å². The Bertz CT molecular complexity index is 420. The summed E-state index contributed by atoms with van der Waals surface area (Å²) in [6, 6.07) is 0. The van der Waals surface area contributed by atoms with E-state index in [4.69, 9.17) is 0 Å². The molecular formula is C11H17F3N4S. The number of anilines is 1. The van der Waals surface area contributed by atoms with Crippen LogP contribution in [-0.4, -0.2) is 48.3 Å². The lowest BCUT2D eigenvalue weighted by atomic mass is 10.1. The summed E-state index contributed by atoms with van der Waals surface area (Å²) >= 11 is 0.629. The molecule has 0 aliphatic carbocycles. The summed E-state index contributed by atoms with van der Waals surface area (Å²) in [6.45, 7) is 5.56. The van der Waals surface area contributed by atoms with Gasteiger partial charge >= 0.3 is 6.18 Å². The number of rotatable bonds is 4. The molecule has 0 spiro atoms. The molecule has 2 rings (SSSR count). The van der Waals surface area contributed by atoms with E-state index in [1.807, 2.05) is 4.90 Å². The standard InChI is InChI=1S/C11H17F3N4S/c1-3-17(2)6-8-4-5-18(7-8)10-16-15-9(19-10)11(12,13)14/h8H,3-7H2,1-2H3. The van der Waals surface area contributed by atoms with Gasteiger partial charge in [0.2, 0.25) is 10.1 Å². The molecule has 4 nitrogen and oxygen atoms in total. The summed E-state index contributed by atoms with van der Waals surface area (Å²) in [4.78, 5) is 4.12. The first-order chi connectivity index (χ1) is 8.90. The zero-order valence-corrected chi connectivity index (χ0v) is 11.8. The van der Waals surface area contributed by atoms with Crippen molar-refractivity contribution in [3.8, 4) is 0 Å². The molecular weight excluding hydrogens is 277 g/mol. The quantitative estimate of drug-likeness (QED) is 0.853. The Morgan fingerprint density at radius 2 is 2.16 bits per heavy atom. The van der Waals surface area contributed by atoms with Crippen molar-refractivity contribution in [2.45, 2.75) is 19.5 Å². The average Bonchev–Trinajstić information content (AvgIpc) is 2.95. The first-order valence-corrected chi connectivity index (χ1v) is 7.06. The Balaban J connectivity index is 1.95. The molecule has 1 fully saturated rings. The van der Waals surface area contributed by atoms with Crippen molar-refractivity contribution < 1.29 is 13.2 Å². The second-order valence-corrected chi connectivity index (χ2v) is 5.80. The van der Waals surface area contributed by atoms with Crippen molar-refractivity contribution in [2.24, 2.45) is 5.92 Å². The summed E-state index contributed by atoms with van der Waals surface area (Å²) in [6.07, 6.45) is -3.40. The molecule has 1 aliphatic rings. The SMILES string of the molecule is CCN(C)CC1CCN(c2nnc(C(F)(F)F)s2)C1. The monoisotopic (exact) mass is 294 g/mol. The summed E-state index contributed by atoms with van der Waals surface area (Å²) in [5.74, 6) is 0.489. The van der Waals surface area contributed by atoms with E-state index in [1.165, 1.54) is 0 Å². The molecule has 1 aromatic heterocycles. The lowest BCUT2D eigenvalue weighted by Gasteiger charge is -2.19. The number of hydrogen-bond donors (Lipinski definition) is 0. The van der Waals surface area contributed by atoms with Gasteiger partial charge in [0.25, 0.3) is 0 Å². The molecule has 0 amide bonds. The van der Waals surface area contributed by atoms with Gasteiger partial charge < -0.3 is 9.80 Å². The molecule has 0 aromatic carbocycles. The molecule has 1 unspecified atom stereocenters. The largest absolute Gasteiger partial charge is 0.445 e. The van der Waals surface area contributed by atoms with E-state index in [0.29, 0.717) is 22.4 Å². The highest BCUT2D eigenvalue weighted by Gasteiger charge is 2.37. The number of halogens is 3. The van der Waals surface area contributed by atoms with Gasteiger partial charge in [-0.2, -0.15) is 13.2 Å². The van der Waals surface area contributed by atoms with E-state index in [2.05, 4.69) is 29.1 Å². The third-order valence-electron chi connectivity index (χ3n) is 3.32. The molecule has 1 atom stereocenters. The number of alkyl halides is 3. The van der Waals surface area contributed by atoms with E-state index in [0.717, 1.165) is 32.6 Å². The summed E-state index contributed by atoms with van der Waals surface area (Å²) in [5, 5.41) is 6.40. The number of hydrogen-bond acceptors (Lipinski definition) is 5. The zero-order chi connectivity index (χ0) is 14.0. The van der Waals surface area contributed by atoms with Crippen LogP contribution in [0, 0.1) is 5.92 Å². The minimum atomic E-state index is -4.39. The Morgan fingerprint density at radius 3 is 2.74 bits per heavy atom. The normalized spacial score (nSPS) is 20.5. The maximum atomic E-state index is 12.5. The summed E-state index contributed by atoms with van der Waals surface area (Å²) in [7, 11) is 2.05. The number of nitrogens with zero attached hydrogens (tertiary/aromatic N) is 4. The van der Waals surface area contributed by atoms with Crippen LogP contribution in [0.15, 0.2) is 0 Å². The van der Waals surface area contributed by atoms with Gasteiger partial charge in [0, 0.05) is 19.6 Å². The van der Waals surface area contributed by atoms with Gasteiger partial charge in [0.05, 0.1) is 0 Å². The molecule has 108 valence electrons. The van der Waals surface area contributed by atoms with Crippen LogP contribution in [-0.2, 0) is 6.18 Å². The highest BCUT2D eigenvalue weighted by atomic mass is 32.1. The van der Waals surface area contributed by atoms with Crippen molar-refractivity contribution in [3.05, 3.63) is 5.01 Å². The molecule has 1 saturated heterocycles. The van der Waals surface area contributed by atoms with Gasteiger partial charge in [-0.3, -0.25) is 0 Å². The van der Waals surface area contributed by atoms with Crippen LogP contribution in [0.4, 0.5) is 18.3 Å². The fourth-order valence-electron chi connectivity index (χ4n) is 2.18. The van der Waals surface area contributed by atoms with Crippen LogP contribution in [0.3, 0.4) is 0 Å². The van der Waals surface area contributed by atoms with Crippen molar-refractivity contribution in [1.82, 2.24) is 15.1 Å². The molecule has 19 heavy (non-hydrogen) atoms. The average molecular weight is 294 g/mol. The second kappa shape index (κ2) is 5.62. The lowest BCUT2D eigenvalue weighted by Crippen LogP contribution is -2.28. The van der Waals surface area contributed by atoms with Gasteiger partial charge in [0.1, 0.15) is 0 Å². The fourth-order valence-corrected chi connectivity index (χ4v) is 2.93. The third kappa shape index (κ3) is 3.56. The summed E-state index contributed by atoms with van der Waals surface area (Å²) in [5.41, 5.74) is 0. The second-order valence-electron chi connectivity index (χ2n) is 4.84. The Hall–Kier alpha value is -0.890. The summed E-state index contributed by atoms with van der Waals surface area (Å²) < 4.78 is 37.4. The molecule has 0 bridgehead atoms. The van der Waals surface area contributed by atoms with Gasteiger partial charge in [-0.25, -0.2) is 0 Å². The smallest absolute Gasteiger partial charge is 0.346 e. The van der Waals surface area contributed by atoms with Crippen molar-refractivity contribution in [2.75, 3.05) is 38.1 Å². The van der Waals surface area contributed by atoms with Crippen molar-refractivity contribution in [1.29, 1.82) is 0 Å². The third-order valence-corrected chi connectivity index (χ3v) is 4.35. The predicted molar refractivity (Wildman–Crippen MR) is 68.4 cm³/mol.